The molecule has 13 heavy (non-hydrogen) atoms. The zero-order valence-corrected chi connectivity index (χ0v) is 8.06. The SMILES string of the molecule is O=C(c1ccsc1)c1ccc(Cl)o1. The van der Waals surface area contributed by atoms with E-state index in [1.54, 1.807) is 23.6 Å². The minimum absolute atomic E-state index is 0.131. The van der Waals surface area contributed by atoms with Gasteiger partial charge in [0.2, 0.25) is 5.78 Å². The first-order valence-corrected chi connectivity index (χ1v) is 4.91. The Bertz CT molecular complexity index is 417. The van der Waals surface area contributed by atoms with Gasteiger partial charge in [-0.15, -0.1) is 0 Å². The second-order valence-corrected chi connectivity index (χ2v) is 3.60. The molecule has 0 saturated carbocycles. The highest BCUT2D eigenvalue weighted by molar-refractivity contribution is 7.08. The third kappa shape index (κ3) is 1.66. The summed E-state index contributed by atoms with van der Waals surface area (Å²) in [6, 6.07) is 4.88. The van der Waals surface area contributed by atoms with Crippen molar-refractivity contribution in [2.24, 2.45) is 0 Å². The fourth-order valence-electron chi connectivity index (χ4n) is 0.972. The second kappa shape index (κ2) is 3.36. The van der Waals surface area contributed by atoms with Crippen LogP contribution in [0.1, 0.15) is 16.1 Å². The van der Waals surface area contributed by atoms with Gasteiger partial charge in [-0.25, -0.2) is 0 Å². The van der Waals surface area contributed by atoms with E-state index in [1.807, 2.05) is 5.38 Å². The molecular weight excluding hydrogens is 208 g/mol. The molecule has 0 aliphatic carbocycles. The van der Waals surface area contributed by atoms with E-state index >= 15 is 0 Å². The first-order valence-electron chi connectivity index (χ1n) is 3.59. The summed E-state index contributed by atoms with van der Waals surface area (Å²) in [4.78, 5) is 11.6. The van der Waals surface area contributed by atoms with Crippen molar-refractivity contribution >= 4 is 28.7 Å². The topological polar surface area (TPSA) is 30.2 Å². The Morgan fingerprint density at radius 1 is 1.38 bits per heavy atom. The smallest absolute Gasteiger partial charge is 0.229 e. The van der Waals surface area contributed by atoms with Gasteiger partial charge < -0.3 is 4.42 Å². The minimum Gasteiger partial charge on any atom is -0.441 e. The van der Waals surface area contributed by atoms with Crippen LogP contribution < -0.4 is 0 Å². The van der Waals surface area contributed by atoms with Crippen molar-refractivity contribution in [2.75, 3.05) is 0 Å². The van der Waals surface area contributed by atoms with Crippen LogP contribution in [0.2, 0.25) is 5.22 Å². The van der Waals surface area contributed by atoms with Crippen molar-refractivity contribution < 1.29 is 9.21 Å². The number of carbonyl (C=O) groups excluding carboxylic acids is 1. The summed E-state index contributed by atoms with van der Waals surface area (Å²) in [6.45, 7) is 0. The van der Waals surface area contributed by atoms with E-state index in [1.165, 1.54) is 11.3 Å². The highest BCUT2D eigenvalue weighted by atomic mass is 35.5. The van der Waals surface area contributed by atoms with Crippen LogP contribution in [0.15, 0.2) is 33.4 Å². The lowest BCUT2D eigenvalue weighted by atomic mass is 10.2. The Labute approximate surface area is 83.8 Å². The Balaban J connectivity index is 2.33. The average Bonchev–Trinajstić information content (AvgIpc) is 2.72. The van der Waals surface area contributed by atoms with Crippen molar-refractivity contribution in [3.05, 3.63) is 45.5 Å². The summed E-state index contributed by atoms with van der Waals surface area (Å²) in [5.74, 6) is 0.150. The van der Waals surface area contributed by atoms with Gasteiger partial charge in [0.05, 0.1) is 0 Å². The zero-order valence-electron chi connectivity index (χ0n) is 6.49. The maximum absolute atomic E-state index is 11.6. The number of rotatable bonds is 2. The summed E-state index contributed by atoms with van der Waals surface area (Å²) in [6.07, 6.45) is 0. The predicted molar refractivity (Wildman–Crippen MR) is 51.5 cm³/mol. The number of furan rings is 1. The van der Waals surface area contributed by atoms with Gasteiger partial charge >= 0.3 is 0 Å². The lowest BCUT2D eigenvalue weighted by molar-refractivity contribution is 0.101. The molecular formula is C9H5ClO2S. The van der Waals surface area contributed by atoms with Gasteiger partial charge in [-0.3, -0.25) is 4.79 Å². The van der Waals surface area contributed by atoms with Crippen LogP contribution in [0.25, 0.3) is 0 Å². The molecule has 2 aromatic heterocycles. The first kappa shape index (κ1) is 8.53. The molecule has 2 rings (SSSR count). The number of hydrogen-bond acceptors (Lipinski definition) is 3. The van der Waals surface area contributed by atoms with Gasteiger partial charge in [0, 0.05) is 10.9 Å². The Hall–Kier alpha value is -1.06. The van der Waals surface area contributed by atoms with Crippen LogP contribution >= 0.6 is 22.9 Å². The molecule has 2 heterocycles. The van der Waals surface area contributed by atoms with Gasteiger partial charge in [0.25, 0.3) is 0 Å². The summed E-state index contributed by atoms with van der Waals surface area (Å²) in [5.41, 5.74) is 0.635. The Morgan fingerprint density at radius 2 is 2.23 bits per heavy atom. The summed E-state index contributed by atoms with van der Waals surface area (Å²) in [7, 11) is 0. The van der Waals surface area contributed by atoms with Crippen LogP contribution in [0.5, 0.6) is 0 Å². The summed E-state index contributed by atoms with van der Waals surface area (Å²) in [5, 5.41) is 3.86. The van der Waals surface area contributed by atoms with Gasteiger partial charge in [-0.05, 0) is 35.2 Å². The molecule has 0 aromatic carbocycles. The molecule has 0 atom stereocenters. The zero-order chi connectivity index (χ0) is 9.26. The van der Waals surface area contributed by atoms with Crippen molar-refractivity contribution in [1.82, 2.24) is 0 Å². The van der Waals surface area contributed by atoms with Crippen LogP contribution in [-0.2, 0) is 0 Å². The van der Waals surface area contributed by atoms with Crippen molar-refractivity contribution in [3.8, 4) is 0 Å². The third-order valence-corrected chi connectivity index (χ3v) is 2.47. The predicted octanol–water partition coefficient (Wildman–Crippen LogP) is 3.23. The van der Waals surface area contributed by atoms with Gasteiger partial charge in [0.1, 0.15) is 0 Å². The molecule has 0 aliphatic rings. The molecule has 0 aliphatic heterocycles. The fraction of sp³-hybridized carbons (Fsp3) is 0. The van der Waals surface area contributed by atoms with E-state index in [2.05, 4.69) is 0 Å². The molecule has 0 unspecified atom stereocenters. The average molecular weight is 213 g/mol. The van der Waals surface area contributed by atoms with E-state index in [0.29, 0.717) is 5.56 Å². The van der Waals surface area contributed by atoms with Crippen LogP contribution in [0.4, 0.5) is 0 Å². The standard InChI is InChI=1S/C9H5ClO2S/c10-8-2-1-7(12-8)9(11)6-3-4-13-5-6/h1-5H. The van der Waals surface area contributed by atoms with Crippen LogP contribution in [-0.4, -0.2) is 5.78 Å². The molecule has 4 heteroatoms. The molecule has 0 fully saturated rings. The quantitative estimate of drug-likeness (QED) is 0.716. The Kier molecular flexibility index (Phi) is 2.20. The van der Waals surface area contributed by atoms with Crippen molar-refractivity contribution in [3.63, 3.8) is 0 Å². The number of carbonyl (C=O) groups is 1. The minimum atomic E-state index is -0.131. The lowest BCUT2D eigenvalue weighted by Gasteiger charge is -1.90. The monoisotopic (exact) mass is 212 g/mol. The van der Waals surface area contributed by atoms with Gasteiger partial charge in [-0.1, -0.05) is 0 Å². The van der Waals surface area contributed by atoms with Crippen molar-refractivity contribution in [2.45, 2.75) is 0 Å². The molecule has 0 radical (unpaired) electrons. The second-order valence-electron chi connectivity index (χ2n) is 2.44. The van der Waals surface area contributed by atoms with Crippen LogP contribution in [0.3, 0.4) is 0 Å². The van der Waals surface area contributed by atoms with E-state index in [-0.39, 0.29) is 16.8 Å². The summed E-state index contributed by atoms with van der Waals surface area (Å²) >= 11 is 7.02. The maximum atomic E-state index is 11.6. The lowest BCUT2D eigenvalue weighted by Crippen LogP contribution is -1.96. The molecule has 2 aromatic rings. The molecule has 0 saturated heterocycles. The highest BCUT2D eigenvalue weighted by Gasteiger charge is 2.12. The first-order chi connectivity index (χ1) is 6.27. The largest absolute Gasteiger partial charge is 0.441 e. The van der Waals surface area contributed by atoms with Gasteiger partial charge in [0.15, 0.2) is 11.0 Å². The molecule has 0 spiro atoms. The molecule has 2 nitrogen and oxygen atoms in total. The third-order valence-electron chi connectivity index (χ3n) is 1.58. The van der Waals surface area contributed by atoms with Gasteiger partial charge in [-0.2, -0.15) is 11.3 Å². The van der Waals surface area contributed by atoms with E-state index in [4.69, 9.17) is 16.0 Å². The van der Waals surface area contributed by atoms with E-state index in [0.717, 1.165) is 0 Å². The summed E-state index contributed by atoms with van der Waals surface area (Å²) < 4.78 is 4.99. The number of ketones is 1. The fourth-order valence-corrected chi connectivity index (χ4v) is 1.75. The number of hydrogen-bond donors (Lipinski definition) is 0. The number of halogens is 1. The normalized spacial score (nSPS) is 10.2. The molecule has 0 N–H and O–H groups in total. The molecule has 66 valence electrons. The molecule has 0 amide bonds. The maximum Gasteiger partial charge on any atom is 0.229 e. The van der Waals surface area contributed by atoms with Crippen LogP contribution in [0, 0.1) is 0 Å². The van der Waals surface area contributed by atoms with Crippen molar-refractivity contribution in [1.29, 1.82) is 0 Å². The Morgan fingerprint density at radius 3 is 2.77 bits per heavy atom. The highest BCUT2D eigenvalue weighted by Crippen LogP contribution is 2.18. The molecule has 0 bridgehead atoms. The number of thiophene rings is 1. The van der Waals surface area contributed by atoms with E-state index < -0.39 is 0 Å². The van der Waals surface area contributed by atoms with E-state index in [9.17, 15) is 4.79 Å².